The first-order valence-electron chi connectivity index (χ1n) is 9.79. The van der Waals surface area contributed by atoms with Crippen LogP contribution < -0.4 is 15.7 Å². The van der Waals surface area contributed by atoms with Crippen molar-refractivity contribution in [2.24, 2.45) is 0 Å². The van der Waals surface area contributed by atoms with Crippen LogP contribution in [0.15, 0.2) is 63.8 Å². The van der Waals surface area contributed by atoms with Crippen molar-refractivity contribution in [2.45, 2.75) is 31.9 Å². The van der Waals surface area contributed by atoms with E-state index in [2.05, 4.69) is 5.32 Å². The minimum absolute atomic E-state index is 0.242. The quantitative estimate of drug-likeness (QED) is 0.432. The number of nitrogens with one attached hydrogen (secondary N) is 1. The molecule has 1 amide bonds. The summed E-state index contributed by atoms with van der Waals surface area (Å²) in [6.07, 6.45) is -1.74. The van der Waals surface area contributed by atoms with Gasteiger partial charge in [-0.15, -0.1) is 0 Å². The first-order valence-corrected chi connectivity index (χ1v) is 9.79. The Morgan fingerprint density at radius 1 is 1.06 bits per heavy atom. The second-order valence-electron chi connectivity index (χ2n) is 7.10. The van der Waals surface area contributed by atoms with E-state index in [0.717, 1.165) is 5.56 Å². The molecule has 0 bridgehead atoms. The number of aliphatic carboxylic acids is 2. The van der Waals surface area contributed by atoms with Crippen LogP contribution in [0.25, 0.3) is 22.1 Å². The molecule has 0 fully saturated rings. The largest absolute Gasteiger partial charge is 0.481 e. The second kappa shape index (κ2) is 9.78. The molecule has 32 heavy (non-hydrogen) atoms. The summed E-state index contributed by atoms with van der Waals surface area (Å²) in [5, 5.41) is 20.8. The molecule has 3 rings (SSSR count). The highest BCUT2D eigenvalue weighted by molar-refractivity contribution is 5.94. The Balaban J connectivity index is 1.78. The highest BCUT2D eigenvalue weighted by Crippen LogP contribution is 2.29. The van der Waals surface area contributed by atoms with Crippen LogP contribution in [0.4, 0.5) is 0 Å². The van der Waals surface area contributed by atoms with Crippen molar-refractivity contribution >= 4 is 28.8 Å². The van der Waals surface area contributed by atoms with Crippen LogP contribution in [0, 0.1) is 0 Å². The maximum Gasteiger partial charge on any atom is 0.336 e. The fourth-order valence-corrected chi connectivity index (χ4v) is 3.14. The molecule has 9 nitrogen and oxygen atoms in total. The molecule has 1 heterocycles. The number of hydrogen-bond donors (Lipinski definition) is 3. The van der Waals surface area contributed by atoms with Gasteiger partial charge < -0.3 is 24.7 Å². The molecule has 0 saturated carbocycles. The number of ether oxygens (including phenoxy) is 1. The summed E-state index contributed by atoms with van der Waals surface area (Å²) in [5.41, 5.74) is 1.26. The van der Waals surface area contributed by atoms with E-state index in [1.165, 1.54) is 19.1 Å². The highest BCUT2D eigenvalue weighted by atomic mass is 16.5. The predicted octanol–water partition coefficient (Wildman–Crippen LogP) is 2.66. The molecular formula is C23H21NO8. The first kappa shape index (κ1) is 22.5. The molecule has 0 saturated heterocycles. The standard InChI is InChI=1S/C23H21NO8/c1-13(22(28)24-18(23(29)30)9-10-20(25)26)31-15-7-8-16-17(14-5-3-2-4-6-14)12-21(27)32-19(16)11-15/h2-8,11-13,18H,9-10H2,1H3,(H,24,28)(H,25,26)(H,29,30)/t13?,18-/m1/s1. The van der Waals surface area contributed by atoms with Gasteiger partial charge in [-0.05, 0) is 36.6 Å². The van der Waals surface area contributed by atoms with Crippen LogP contribution in [-0.2, 0) is 14.4 Å². The maximum atomic E-state index is 12.3. The van der Waals surface area contributed by atoms with Crippen molar-refractivity contribution in [3.63, 3.8) is 0 Å². The molecule has 2 atom stereocenters. The summed E-state index contributed by atoms with van der Waals surface area (Å²) in [7, 11) is 0. The Labute approximate surface area is 182 Å². The Hall–Kier alpha value is -4.14. The average Bonchev–Trinajstić information content (AvgIpc) is 2.75. The molecule has 0 radical (unpaired) electrons. The van der Waals surface area contributed by atoms with Crippen LogP contribution in [0.2, 0.25) is 0 Å². The zero-order chi connectivity index (χ0) is 23.3. The molecule has 0 aliphatic rings. The number of carbonyl (C=O) groups excluding carboxylic acids is 1. The second-order valence-corrected chi connectivity index (χ2v) is 7.10. The minimum atomic E-state index is -1.35. The monoisotopic (exact) mass is 439 g/mol. The third-order valence-electron chi connectivity index (χ3n) is 4.74. The molecule has 3 aromatic rings. The fourth-order valence-electron chi connectivity index (χ4n) is 3.14. The van der Waals surface area contributed by atoms with E-state index in [-0.39, 0.29) is 17.8 Å². The van der Waals surface area contributed by atoms with Crippen LogP contribution in [0.3, 0.4) is 0 Å². The first-order chi connectivity index (χ1) is 15.2. The molecule has 0 aliphatic carbocycles. The number of carboxylic acid groups (broad SMARTS) is 2. The van der Waals surface area contributed by atoms with E-state index in [1.54, 1.807) is 12.1 Å². The molecule has 2 aromatic carbocycles. The fraction of sp³-hybridized carbons (Fsp3) is 0.217. The summed E-state index contributed by atoms with van der Waals surface area (Å²) in [4.78, 5) is 46.3. The lowest BCUT2D eigenvalue weighted by Crippen LogP contribution is -2.46. The molecule has 0 aliphatic heterocycles. The van der Waals surface area contributed by atoms with Gasteiger partial charge in [0.05, 0.1) is 0 Å². The number of rotatable bonds is 9. The molecular weight excluding hydrogens is 418 g/mol. The van der Waals surface area contributed by atoms with Gasteiger partial charge >= 0.3 is 17.6 Å². The van der Waals surface area contributed by atoms with Gasteiger partial charge in [-0.3, -0.25) is 9.59 Å². The van der Waals surface area contributed by atoms with Crippen molar-refractivity contribution in [3.05, 3.63) is 65.0 Å². The van der Waals surface area contributed by atoms with Crippen molar-refractivity contribution in [1.29, 1.82) is 0 Å². The molecule has 1 aromatic heterocycles. The Bertz CT molecular complexity index is 1200. The summed E-state index contributed by atoms with van der Waals surface area (Å²) < 4.78 is 10.9. The molecule has 166 valence electrons. The maximum absolute atomic E-state index is 12.3. The third kappa shape index (κ3) is 5.51. The zero-order valence-electron chi connectivity index (χ0n) is 17.1. The normalized spacial score (nSPS) is 12.7. The number of fused-ring (bicyclic) bond motifs is 1. The summed E-state index contributed by atoms with van der Waals surface area (Å²) >= 11 is 0. The Morgan fingerprint density at radius 2 is 1.78 bits per heavy atom. The minimum Gasteiger partial charge on any atom is -0.481 e. The number of amides is 1. The van der Waals surface area contributed by atoms with Crippen molar-refractivity contribution < 1.29 is 33.8 Å². The molecule has 1 unspecified atom stereocenters. The summed E-state index contributed by atoms with van der Waals surface area (Å²) in [5.74, 6) is -2.98. The van der Waals surface area contributed by atoms with Crippen LogP contribution >= 0.6 is 0 Å². The lowest BCUT2D eigenvalue weighted by molar-refractivity contribution is -0.144. The Kier molecular flexibility index (Phi) is 6.89. The molecule has 3 N–H and O–H groups in total. The topological polar surface area (TPSA) is 143 Å². The Morgan fingerprint density at radius 3 is 2.44 bits per heavy atom. The van der Waals surface area contributed by atoms with Gasteiger partial charge in [-0.25, -0.2) is 9.59 Å². The van der Waals surface area contributed by atoms with Gasteiger partial charge in [0.15, 0.2) is 6.10 Å². The number of benzene rings is 2. The van der Waals surface area contributed by atoms with E-state index in [9.17, 15) is 24.3 Å². The van der Waals surface area contributed by atoms with Crippen molar-refractivity contribution in [2.75, 3.05) is 0 Å². The van der Waals surface area contributed by atoms with Gasteiger partial charge in [0.1, 0.15) is 17.4 Å². The van der Waals surface area contributed by atoms with E-state index < -0.39 is 42.0 Å². The average molecular weight is 439 g/mol. The smallest absolute Gasteiger partial charge is 0.336 e. The van der Waals surface area contributed by atoms with Crippen LogP contribution in [0.5, 0.6) is 5.75 Å². The highest BCUT2D eigenvalue weighted by Gasteiger charge is 2.24. The number of hydrogen-bond acceptors (Lipinski definition) is 6. The predicted molar refractivity (Wildman–Crippen MR) is 114 cm³/mol. The van der Waals surface area contributed by atoms with Crippen molar-refractivity contribution in [1.82, 2.24) is 5.32 Å². The lowest BCUT2D eigenvalue weighted by Gasteiger charge is -2.18. The van der Waals surface area contributed by atoms with E-state index in [0.29, 0.717) is 10.9 Å². The van der Waals surface area contributed by atoms with Crippen LogP contribution in [-0.4, -0.2) is 40.2 Å². The number of carboxylic acids is 2. The molecule has 0 spiro atoms. The van der Waals surface area contributed by atoms with Gasteiger partial charge in [-0.2, -0.15) is 0 Å². The summed E-state index contributed by atoms with van der Waals surface area (Å²) in [6, 6.07) is 14.2. The van der Waals surface area contributed by atoms with Crippen molar-refractivity contribution in [3.8, 4) is 16.9 Å². The SMILES string of the molecule is CC(Oc1ccc2c(-c3ccccc3)cc(=O)oc2c1)C(=O)N[C@H](CCC(=O)O)C(=O)O. The van der Waals surface area contributed by atoms with Gasteiger partial charge in [0.25, 0.3) is 5.91 Å². The zero-order valence-corrected chi connectivity index (χ0v) is 17.1. The summed E-state index contributed by atoms with van der Waals surface area (Å²) in [6.45, 7) is 1.42. The van der Waals surface area contributed by atoms with E-state index >= 15 is 0 Å². The van der Waals surface area contributed by atoms with Gasteiger partial charge in [0, 0.05) is 23.9 Å². The molecule has 9 heteroatoms. The van der Waals surface area contributed by atoms with Gasteiger partial charge in [0.2, 0.25) is 0 Å². The van der Waals surface area contributed by atoms with E-state index in [4.69, 9.17) is 14.3 Å². The van der Waals surface area contributed by atoms with E-state index in [1.807, 2.05) is 30.3 Å². The lowest BCUT2D eigenvalue weighted by atomic mass is 10.0. The third-order valence-corrected chi connectivity index (χ3v) is 4.74. The van der Waals surface area contributed by atoms with Gasteiger partial charge in [-0.1, -0.05) is 30.3 Å². The number of carbonyl (C=O) groups is 3. The van der Waals surface area contributed by atoms with Crippen LogP contribution in [0.1, 0.15) is 19.8 Å².